The molecule has 93 heavy (non-hydrogen) atoms. The molecule has 31 heteroatoms. The summed E-state index contributed by atoms with van der Waals surface area (Å²) in [6.07, 6.45) is 10.2. The highest BCUT2D eigenvalue weighted by molar-refractivity contribution is 5.99. The number of carboxylic acids is 1. The molecule has 0 bridgehead atoms. The third-order valence-electron chi connectivity index (χ3n) is 15.2. The summed E-state index contributed by atoms with van der Waals surface area (Å²) in [5.41, 5.74) is 17.0. The van der Waals surface area contributed by atoms with Crippen LogP contribution in [0.25, 0.3) is 0 Å². The van der Waals surface area contributed by atoms with Gasteiger partial charge >= 0.3 is 5.97 Å². The molecular formula is C62H108N16O15. The lowest BCUT2D eigenvalue weighted by Crippen LogP contribution is -2.62. The monoisotopic (exact) mass is 1320 g/mol. The molecule has 10 atom stereocenters. The quantitative estimate of drug-likeness (QED) is 0.0199. The first-order valence-corrected chi connectivity index (χ1v) is 32.4. The predicted molar refractivity (Wildman–Crippen MR) is 348 cm³/mol. The fraction of sp³-hybridized carbons (Fsp3) is 0.694. The minimum Gasteiger partial charge on any atom is -0.481 e. The van der Waals surface area contributed by atoms with Crippen LogP contribution in [0.2, 0.25) is 0 Å². The van der Waals surface area contributed by atoms with Gasteiger partial charge in [0.05, 0.1) is 25.4 Å². The Balaban J connectivity index is 3.43. The Morgan fingerprint density at radius 2 is 0.860 bits per heavy atom. The Labute approximate surface area is 545 Å². The molecule has 526 valence electrons. The van der Waals surface area contributed by atoms with Gasteiger partial charge < -0.3 is 96.1 Å². The number of amides is 9. The summed E-state index contributed by atoms with van der Waals surface area (Å²) in [5, 5.41) is 83.5. The first kappa shape index (κ1) is 83.0. The van der Waals surface area contributed by atoms with Gasteiger partial charge in [-0.05, 0) is 89.7 Å². The smallest absolute Gasteiger partial charge is 0.303 e. The van der Waals surface area contributed by atoms with E-state index < -0.39 is 169 Å². The van der Waals surface area contributed by atoms with Gasteiger partial charge in [-0.15, -0.1) is 0 Å². The third kappa shape index (κ3) is 36.1. The van der Waals surface area contributed by atoms with E-state index in [-0.39, 0.29) is 58.0 Å². The number of aliphatic hydroxyl groups excluding tert-OH is 3. The third-order valence-corrected chi connectivity index (χ3v) is 15.2. The minimum atomic E-state index is -1.89. The van der Waals surface area contributed by atoms with Crippen molar-refractivity contribution in [2.24, 2.45) is 23.1 Å². The van der Waals surface area contributed by atoms with Crippen LogP contribution in [-0.2, 0) is 59.2 Å². The zero-order chi connectivity index (χ0) is 69.8. The van der Waals surface area contributed by atoms with E-state index in [1.54, 1.807) is 44.2 Å². The van der Waals surface area contributed by atoms with Gasteiger partial charge in [-0.3, -0.25) is 63.6 Å². The normalized spacial score (nSPS) is 14.3. The van der Waals surface area contributed by atoms with Gasteiger partial charge in [-0.1, -0.05) is 115 Å². The van der Waals surface area contributed by atoms with Crippen molar-refractivity contribution in [2.45, 2.75) is 236 Å². The summed E-state index contributed by atoms with van der Waals surface area (Å²) < 4.78 is 0. The zero-order valence-electron chi connectivity index (χ0n) is 54.8. The molecule has 1 aromatic rings. The van der Waals surface area contributed by atoms with Crippen molar-refractivity contribution >= 4 is 76.8 Å². The Morgan fingerprint density at radius 1 is 0.462 bits per heavy atom. The van der Waals surface area contributed by atoms with E-state index in [1.165, 1.54) is 52.4 Å². The Hall–Kier alpha value is -8.03. The van der Waals surface area contributed by atoms with E-state index in [0.29, 0.717) is 31.4 Å². The number of aliphatic carboxylic acids is 1. The molecule has 0 fully saturated rings. The number of ketones is 1. The average Bonchev–Trinajstić information content (AvgIpc) is 0.970. The van der Waals surface area contributed by atoms with Crippen LogP contribution >= 0.6 is 0 Å². The molecule has 1 aromatic carbocycles. The molecule has 23 N–H and O–H groups in total. The van der Waals surface area contributed by atoms with Crippen molar-refractivity contribution in [1.29, 1.82) is 10.8 Å². The highest BCUT2D eigenvalue weighted by Crippen LogP contribution is 2.14. The average molecular weight is 1320 g/mol. The first-order valence-electron chi connectivity index (χ1n) is 32.4. The lowest BCUT2D eigenvalue weighted by atomic mass is 9.99. The van der Waals surface area contributed by atoms with Crippen molar-refractivity contribution in [2.75, 3.05) is 32.8 Å². The number of nitrogens with two attached hydrogens (primary N) is 3. The zero-order valence-corrected chi connectivity index (χ0v) is 54.8. The van der Waals surface area contributed by atoms with E-state index in [9.17, 15) is 73.2 Å². The van der Waals surface area contributed by atoms with Crippen molar-refractivity contribution in [1.82, 2.24) is 58.5 Å². The van der Waals surface area contributed by atoms with Gasteiger partial charge in [0.2, 0.25) is 53.2 Å². The van der Waals surface area contributed by atoms with Gasteiger partial charge in [0.1, 0.15) is 48.3 Å². The molecule has 0 heterocycles. The summed E-state index contributed by atoms with van der Waals surface area (Å²) in [6.45, 7) is 6.09. The van der Waals surface area contributed by atoms with Crippen molar-refractivity contribution in [3.8, 4) is 0 Å². The maximum atomic E-state index is 14.5. The first-order chi connectivity index (χ1) is 44.2. The molecular weight excluding hydrogens is 1210 g/mol. The highest BCUT2D eigenvalue weighted by Gasteiger charge is 2.37. The molecule has 0 saturated heterocycles. The number of carbonyl (C=O) groups is 11. The van der Waals surface area contributed by atoms with Gasteiger partial charge in [-0.2, -0.15) is 0 Å². The van der Waals surface area contributed by atoms with Crippen LogP contribution in [0.5, 0.6) is 0 Å². The van der Waals surface area contributed by atoms with Crippen LogP contribution in [0.15, 0.2) is 30.3 Å². The molecule has 0 aliphatic heterocycles. The number of benzene rings is 1. The summed E-state index contributed by atoms with van der Waals surface area (Å²) in [7, 11) is 0. The van der Waals surface area contributed by atoms with E-state index in [2.05, 4.69) is 65.4 Å². The number of carboxylic acid groups (broad SMARTS) is 1. The number of unbranched alkanes of at least 4 members (excludes halogenated alkanes) is 11. The van der Waals surface area contributed by atoms with E-state index in [0.717, 1.165) is 25.7 Å². The summed E-state index contributed by atoms with van der Waals surface area (Å²) in [5.74, 6) is -11.7. The lowest BCUT2D eigenvalue weighted by molar-refractivity contribution is -0.138. The highest BCUT2D eigenvalue weighted by atomic mass is 16.4. The van der Waals surface area contributed by atoms with Crippen LogP contribution in [0, 0.1) is 16.7 Å². The van der Waals surface area contributed by atoms with E-state index in [4.69, 9.17) is 28.0 Å². The Morgan fingerprint density at radius 3 is 1.28 bits per heavy atom. The van der Waals surface area contributed by atoms with Crippen LogP contribution in [0.4, 0.5) is 0 Å². The number of Topliss-reactive ketones (excluding diaryl/α,β-unsaturated/α-hetero) is 1. The molecule has 0 aromatic heterocycles. The summed E-state index contributed by atoms with van der Waals surface area (Å²) >= 11 is 0. The molecule has 0 aliphatic carbocycles. The number of carbonyl (C=O) groups excluding carboxylic acids is 10. The summed E-state index contributed by atoms with van der Waals surface area (Å²) in [4.78, 5) is 149. The fourth-order valence-electron chi connectivity index (χ4n) is 9.72. The number of hydrogen-bond acceptors (Lipinski definition) is 17. The van der Waals surface area contributed by atoms with Gasteiger partial charge in [0.25, 0.3) is 0 Å². The molecule has 0 spiro atoms. The number of rotatable bonds is 51. The van der Waals surface area contributed by atoms with Crippen molar-refractivity contribution in [3.05, 3.63) is 35.9 Å². The maximum Gasteiger partial charge on any atom is 0.303 e. The molecule has 0 aliphatic rings. The second-order valence-electron chi connectivity index (χ2n) is 23.6. The molecule has 31 nitrogen and oxygen atoms in total. The Bertz CT molecular complexity index is 2510. The molecule has 0 unspecified atom stereocenters. The second-order valence-corrected chi connectivity index (χ2v) is 23.6. The topological polar surface area (TPSA) is 527 Å². The van der Waals surface area contributed by atoms with Gasteiger partial charge in [0, 0.05) is 32.4 Å². The number of nitrogens with one attached hydrogen (secondary N) is 13. The molecule has 0 radical (unpaired) electrons. The van der Waals surface area contributed by atoms with E-state index >= 15 is 0 Å². The van der Waals surface area contributed by atoms with Crippen LogP contribution in [0.3, 0.4) is 0 Å². The van der Waals surface area contributed by atoms with Crippen molar-refractivity contribution < 1.29 is 73.2 Å². The van der Waals surface area contributed by atoms with Gasteiger partial charge in [0.15, 0.2) is 17.7 Å². The standard InChI is InChI=1S/C62H108N16O15/c1-6-7-8-9-10-11-12-13-14-15-19-29-49(83)77-52(40(5)82)60(93)78-51(38(2)3)59(92)74-46(35-41-24-17-16-18-25-41)56(89)71-44(28-23-34-69-62(66)67)54(87)75-48(37-80)58(91)76-47(36-79)57(90)72-43(27-22-33-68-61(64)65)53(86)73-45(30-31-50(84)85)55(88)70-42(39(4)81)26-20-21-32-63/h16-18,24-25,38,40,42-48,51-52,79-80,82H,6-15,19-23,26-37,63H2,1-5H3,(H,70,88)(H,71,89)(H,72,90)(H,73,86)(H,74,92)(H,75,87)(H,76,91)(H,77,83)(H,78,93)(H,84,85)(H4,64,65,68)(H4,66,67,69)/t40-,42+,43+,44+,45+,46+,47+,48+,51+,52-/m1/s1. The summed E-state index contributed by atoms with van der Waals surface area (Å²) in [6, 6.07) is -5.22. The number of guanidine groups is 2. The SMILES string of the molecule is CCCCCCCCCCCCCC(=O)N[C@@H](C(=O)N[C@H](C(=O)N[C@@H](Cc1ccccc1)C(=O)N[C@@H](CCCNC(=N)N)C(=O)N[C@@H](CO)C(=O)N[C@@H](CO)C(=O)N[C@@H](CCCNC(=N)N)C(=O)N[C@@H](CCC(=O)O)C(=O)N[C@@H](CCCCN)C(C)=O)C(C)C)[C@@H](C)O. The number of aliphatic hydroxyl groups is 3. The predicted octanol–water partition coefficient (Wildman–Crippen LogP) is -1.58. The largest absolute Gasteiger partial charge is 0.481 e. The molecule has 9 amide bonds. The maximum absolute atomic E-state index is 14.5. The lowest BCUT2D eigenvalue weighted by Gasteiger charge is -2.29. The molecule has 1 rings (SSSR count). The number of hydrogen-bond donors (Lipinski definition) is 20. The van der Waals surface area contributed by atoms with Crippen LogP contribution in [-0.4, -0.2) is 191 Å². The minimum absolute atomic E-state index is 0.00276. The van der Waals surface area contributed by atoms with Gasteiger partial charge in [-0.25, -0.2) is 0 Å². The second kappa shape index (κ2) is 47.8. The van der Waals surface area contributed by atoms with E-state index in [1.807, 2.05) is 0 Å². The molecule has 0 saturated carbocycles. The van der Waals surface area contributed by atoms with Crippen LogP contribution in [0.1, 0.15) is 175 Å². The van der Waals surface area contributed by atoms with Crippen LogP contribution < -0.4 is 75.7 Å². The van der Waals surface area contributed by atoms with Crippen molar-refractivity contribution in [3.63, 3.8) is 0 Å². The Kier molecular flexibility index (Phi) is 42.6. The fourth-order valence-corrected chi connectivity index (χ4v) is 9.72.